The highest BCUT2D eigenvalue weighted by atomic mass is 35.5. The maximum Gasteiger partial charge on any atom is 0.311 e. The summed E-state index contributed by atoms with van der Waals surface area (Å²) in [5.41, 5.74) is 0.746. The summed E-state index contributed by atoms with van der Waals surface area (Å²) >= 11 is 12.1. The van der Waals surface area contributed by atoms with E-state index < -0.39 is 9.85 Å². The Morgan fingerprint density at radius 1 is 0.933 bits per heavy atom. The number of pyridine rings is 2. The number of nitrogens with zero attached hydrogens (tertiary/aromatic N) is 4. The first-order valence-electron chi connectivity index (χ1n) is 8.54. The SMILES string of the molecule is O=[N+]([O-])c1ccc(NCCNc2nc(-c3ccc(Cl)cc3Cl)ccc2[N+](=O)[O-])nc1. The van der Waals surface area contributed by atoms with Crippen LogP contribution < -0.4 is 10.6 Å². The van der Waals surface area contributed by atoms with Crippen molar-refractivity contribution in [2.45, 2.75) is 0 Å². The molecule has 0 saturated carbocycles. The summed E-state index contributed by atoms with van der Waals surface area (Å²) in [5, 5.41) is 28.7. The van der Waals surface area contributed by atoms with Gasteiger partial charge in [-0.15, -0.1) is 0 Å². The van der Waals surface area contributed by atoms with Gasteiger partial charge in [-0.2, -0.15) is 0 Å². The Kier molecular flexibility index (Phi) is 6.60. The molecule has 2 N–H and O–H groups in total. The molecular weight excluding hydrogens is 435 g/mol. The summed E-state index contributed by atoms with van der Waals surface area (Å²) in [4.78, 5) is 29.2. The third-order valence-electron chi connectivity index (χ3n) is 3.96. The minimum absolute atomic E-state index is 0.0852. The van der Waals surface area contributed by atoms with Crippen LogP contribution in [0.5, 0.6) is 0 Å². The van der Waals surface area contributed by atoms with Crippen LogP contribution in [0.3, 0.4) is 0 Å². The van der Waals surface area contributed by atoms with Crippen LogP contribution in [0.2, 0.25) is 10.0 Å². The van der Waals surface area contributed by atoms with E-state index in [-0.39, 0.29) is 23.7 Å². The topological polar surface area (TPSA) is 136 Å². The number of hydrogen-bond donors (Lipinski definition) is 2. The summed E-state index contributed by atoms with van der Waals surface area (Å²) in [7, 11) is 0. The van der Waals surface area contributed by atoms with E-state index in [4.69, 9.17) is 23.2 Å². The fourth-order valence-corrected chi connectivity index (χ4v) is 3.05. The standard InChI is InChI=1S/C18H14Cl2N6O4/c19-11-1-3-13(14(20)9-11)15-4-5-16(26(29)30)18(24-15)22-8-7-21-17-6-2-12(10-23-17)25(27)28/h1-6,9-10H,7-8H2,(H,21,23)(H,22,24). The maximum absolute atomic E-state index is 11.3. The van der Waals surface area contributed by atoms with Crippen LogP contribution in [0.4, 0.5) is 23.0 Å². The van der Waals surface area contributed by atoms with Crippen molar-refractivity contribution in [2.75, 3.05) is 23.7 Å². The predicted molar refractivity (Wildman–Crippen MR) is 114 cm³/mol. The lowest BCUT2D eigenvalue weighted by atomic mass is 10.1. The highest BCUT2D eigenvalue weighted by Crippen LogP contribution is 2.32. The van der Waals surface area contributed by atoms with Gasteiger partial charge in [0.25, 0.3) is 5.69 Å². The van der Waals surface area contributed by atoms with E-state index >= 15 is 0 Å². The summed E-state index contributed by atoms with van der Waals surface area (Å²) in [6, 6.07) is 10.6. The zero-order chi connectivity index (χ0) is 21.7. The minimum atomic E-state index is -0.539. The van der Waals surface area contributed by atoms with Gasteiger partial charge < -0.3 is 10.6 Å². The molecule has 0 saturated heterocycles. The van der Waals surface area contributed by atoms with E-state index in [0.717, 1.165) is 6.20 Å². The zero-order valence-corrected chi connectivity index (χ0v) is 16.7. The van der Waals surface area contributed by atoms with E-state index in [1.54, 1.807) is 18.2 Å². The van der Waals surface area contributed by atoms with Gasteiger partial charge in [-0.3, -0.25) is 20.2 Å². The van der Waals surface area contributed by atoms with Crippen molar-refractivity contribution < 1.29 is 9.85 Å². The molecule has 3 aromatic rings. The molecule has 0 fully saturated rings. The van der Waals surface area contributed by atoms with Gasteiger partial charge in [0.15, 0.2) is 0 Å². The van der Waals surface area contributed by atoms with Gasteiger partial charge in [0.2, 0.25) is 5.82 Å². The molecule has 154 valence electrons. The largest absolute Gasteiger partial charge is 0.368 e. The van der Waals surface area contributed by atoms with Crippen molar-refractivity contribution in [1.82, 2.24) is 9.97 Å². The van der Waals surface area contributed by atoms with Crippen molar-refractivity contribution >= 4 is 46.2 Å². The van der Waals surface area contributed by atoms with E-state index in [1.165, 1.54) is 24.3 Å². The van der Waals surface area contributed by atoms with Gasteiger partial charge >= 0.3 is 5.69 Å². The highest BCUT2D eigenvalue weighted by Gasteiger charge is 2.17. The molecule has 0 amide bonds. The molecule has 0 bridgehead atoms. The van der Waals surface area contributed by atoms with Crippen molar-refractivity contribution in [3.8, 4) is 11.3 Å². The smallest absolute Gasteiger partial charge is 0.311 e. The lowest BCUT2D eigenvalue weighted by Gasteiger charge is -2.10. The third kappa shape index (κ3) is 5.10. The molecule has 2 heterocycles. The van der Waals surface area contributed by atoms with E-state index in [2.05, 4.69) is 20.6 Å². The summed E-state index contributed by atoms with van der Waals surface area (Å²) < 4.78 is 0. The van der Waals surface area contributed by atoms with Gasteiger partial charge in [0.1, 0.15) is 12.0 Å². The molecule has 0 radical (unpaired) electrons. The number of hydrogen-bond acceptors (Lipinski definition) is 8. The predicted octanol–water partition coefficient (Wildman–Crippen LogP) is 4.79. The second-order valence-corrected chi connectivity index (χ2v) is 6.80. The second-order valence-electron chi connectivity index (χ2n) is 5.96. The van der Waals surface area contributed by atoms with E-state index in [9.17, 15) is 20.2 Å². The van der Waals surface area contributed by atoms with Crippen LogP contribution in [0.15, 0.2) is 48.7 Å². The average Bonchev–Trinajstić information content (AvgIpc) is 2.71. The molecule has 0 unspecified atom stereocenters. The molecule has 0 spiro atoms. The normalized spacial score (nSPS) is 10.5. The van der Waals surface area contributed by atoms with Gasteiger partial charge in [0.05, 0.1) is 20.6 Å². The number of aromatic nitrogens is 2. The van der Waals surface area contributed by atoms with E-state index in [1.807, 2.05) is 0 Å². The van der Waals surface area contributed by atoms with E-state index in [0.29, 0.717) is 33.7 Å². The number of nitro groups is 2. The molecule has 0 aliphatic carbocycles. The number of halogens is 2. The Balaban J connectivity index is 1.70. The van der Waals surface area contributed by atoms with Gasteiger partial charge in [-0.05, 0) is 30.3 Å². The minimum Gasteiger partial charge on any atom is -0.368 e. The second kappa shape index (κ2) is 9.33. The van der Waals surface area contributed by atoms with Crippen LogP contribution in [0, 0.1) is 20.2 Å². The average molecular weight is 449 g/mol. The number of anilines is 2. The fraction of sp³-hybridized carbons (Fsp3) is 0.111. The lowest BCUT2D eigenvalue weighted by Crippen LogP contribution is -2.16. The molecule has 2 aromatic heterocycles. The molecule has 0 aliphatic heterocycles. The first-order chi connectivity index (χ1) is 14.3. The summed E-state index contributed by atoms with van der Waals surface area (Å²) in [6.45, 7) is 0.625. The number of nitrogens with one attached hydrogen (secondary N) is 2. The van der Waals surface area contributed by atoms with Crippen molar-refractivity contribution in [3.63, 3.8) is 0 Å². The Morgan fingerprint density at radius 2 is 1.70 bits per heavy atom. The summed E-state index contributed by atoms with van der Waals surface area (Å²) in [5.74, 6) is 0.522. The van der Waals surface area contributed by atoms with Crippen LogP contribution in [-0.2, 0) is 0 Å². The molecular formula is C18H14Cl2N6O4. The molecule has 1 aromatic carbocycles. The number of rotatable bonds is 8. The van der Waals surface area contributed by atoms with Crippen LogP contribution in [0.25, 0.3) is 11.3 Å². The molecule has 30 heavy (non-hydrogen) atoms. The molecule has 3 rings (SSSR count). The molecule has 10 nitrogen and oxygen atoms in total. The summed E-state index contributed by atoms with van der Waals surface area (Å²) in [6.07, 6.45) is 1.14. The molecule has 0 aliphatic rings. The van der Waals surface area contributed by atoms with Crippen molar-refractivity contribution in [1.29, 1.82) is 0 Å². The maximum atomic E-state index is 11.3. The van der Waals surface area contributed by atoms with Crippen LogP contribution >= 0.6 is 23.2 Å². The highest BCUT2D eigenvalue weighted by molar-refractivity contribution is 6.36. The molecule has 0 atom stereocenters. The Morgan fingerprint density at radius 3 is 2.33 bits per heavy atom. The lowest BCUT2D eigenvalue weighted by molar-refractivity contribution is -0.385. The quantitative estimate of drug-likeness (QED) is 0.285. The van der Waals surface area contributed by atoms with Crippen LogP contribution in [0.1, 0.15) is 0 Å². The van der Waals surface area contributed by atoms with Crippen molar-refractivity contribution in [3.05, 3.63) is 78.9 Å². The van der Waals surface area contributed by atoms with Crippen LogP contribution in [-0.4, -0.2) is 32.9 Å². The van der Waals surface area contributed by atoms with Crippen molar-refractivity contribution in [2.24, 2.45) is 0 Å². The number of benzene rings is 1. The van der Waals surface area contributed by atoms with Gasteiger partial charge in [-0.25, -0.2) is 9.97 Å². The monoisotopic (exact) mass is 448 g/mol. The first kappa shape index (κ1) is 21.2. The zero-order valence-electron chi connectivity index (χ0n) is 15.2. The Bertz CT molecular complexity index is 1090. The third-order valence-corrected chi connectivity index (χ3v) is 4.51. The Hall–Kier alpha value is -3.50. The first-order valence-corrected chi connectivity index (χ1v) is 9.30. The van der Waals surface area contributed by atoms with Gasteiger partial charge in [-0.1, -0.05) is 23.2 Å². The fourth-order valence-electron chi connectivity index (χ4n) is 2.55. The van der Waals surface area contributed by atoms with Gasteiger partial charge in [0, 0.05) is 35.8 Å². The molecule has 12 heteroatoms. The Labute approximate surface area is 180 Å².